The maximum absolute atomic E-state index is 13.1. The number of amides is 1. The largest absolute Gasteiger partial charge is 0.337 e. The van der Waals surface area contributed by atoms with E-state index >= 15 is 0 Å². The molecule has 7 heteroatoms. The van der Waals surface area contributed by atoms with Crippen molar-refractivity contribution in [1.82, 2.24) is 25.2 Å². The highest BCUT2D eigenvalue weighted by molar-refractivity contribution is 5.94. The van der Waals surface area contributed by atoms with Crippen LogP contribution in [-0.2, 0) is 12.8 Å². The molecule has 1 aliphatic carbocycles. The van der Waals surface area contributed by atoms with Gasteiger partial charge in [-0.05, 0) is 32.1 Å². The standard InChI is InChI=1S/C19H19N5O2/c25-19(16-13-8-4-9-14(13)21-22-16)24-11-5-10-15(24)18-20-17(23-26-18)12-6-2-1-3-7-12/h1-3,6-7,15H,4-5,8-11H2,(H,21,22)/t15-/m1/s1. The van der Waals surface area contributed by atoms with Gasteiger partial charge in [-0.1, -0.05) is 35.5 Å². The van der Waals surface area contributed by atoms with Crippen LogP contribution in [0.4, 0.5) is 0 Å². The molecule has 0 spiro atoms. The van der Waals surface area contributed by atoms with Gasteiger partial charge in [0.1, 0.15) is 6.04 Å². The van der Waals surface area contributed by atoms with Crippen LogP contribution < -0.4 is 0 Å². The molecule has 1 saturated heterocycles. The van der Waals surface area contributed by atoms with Gasteiger partial charge < -0.3 is 9.42 Å². The molecule has 0 radical (unpaired) electrons. The van der Waals surface area contributed by atoms with Crippen LogP contribution in [-0.4, -0.2) is 37.7 Å². The van der Waals surface area contributed by atoms with Crippen molar-refractivity contribution in [3.05, 3.63) is 53.2 Å². The van der Waals surface area contributed by atoms with Gasteiger partial charge in [-0.25, -0.2) is 0 Å². The first-order chi connectivity index (χ1) is 12.8. The quantitative estimate of drug-likeness (QED) is 0.785. The van der Waals surface area contributed by atoms with E-state index in [9.17, 15) is 4.79 Å². The summed E-state index contributed by atoms with van der Waals surface area (Å²) in [6.07, 6.45) is 4.73. The second-order valence-electron chi connectivity index (χ2n) is 6.86. The van der Waals surface area contributed by atoms with Crippen LogP contribution in [0.3, 0.4) is 0 Å². The van der Waals surface area contributed by atoms with E-state index in [2.05, 4.69) is 20.3 Å². The Kier molecular flexibility index (Phi) is 3.58. The second kappa shape index (κ2) is 6.09. The third-order valence-electron chi connectivity index (χ3n) is 5.28. The van der Waals surface area contributed by atoms with Gasteiger partial charge in [-0.2, -0.15) is 10.1 Å². The van der Waals surface area contributed by atoms with E-state index in [-0.39, 0.29) is 11.9 Å². The normalized spacial score (nSPS) is 19.1. The fourth-order valence-corrected chi connectivity index (χ4v) is 3.97. The fourth-order valence-electron chi connectivity index (χ4n) is 3.97. The highest BCUT2D eigenvalue weighted by Gasteiger charge is 2.37. The average molecular weight is 349 g/mol. The molecule has 1 atom stereocenters. The van der Waals surface area contributed by atoms with Crippen molar-refractivity contribution >= 4 is 5.91 Å². The van der Waals surface area contributed by atoms with Gasteiger partial charge in [0.05, 0.1) is 0 Å². The molecule has 3 heterocycles. The Morgan fingerprint density at radius 3 is 2.96 bits per heavy atom. The van der Waals surface area contributed by atoms with Gasteiger partial charge in [-0.3, -0.25) is 9.89 Å². The number of fused-ring (bicyclic) bond motifs is 1. The van der Waals surface area contributed by atoms with Crippen LogP contribution in [0.15, 0.2) is 34.9 Å². The molecule has 26 heavy (non-hydrogen) atoms. The van der Waals surface area contributed by atoms with Crippen molar-refractivity contribution in [2.45, 2.75) is 38.1 Å². The number of aromatic nitrogens is 4. The number of carbonyl (C=O) groups is 1. The van der Waals surface area contributed by atoms with Crippen molar-refractivity contribution in [3.8, 4) is 11.4 Å². The first-order valence-electron chi connectivity index (χ1n) is 9.07. The summed E-state index contributed by atoms with van der Waals surface area (Å²) in [5.41, 5.74) is 3.65. The summed E-state index contributed by atoms with van der Waals surface area (Å²) in [5.74, 6) is 1.02. The molecule has 1 fully saturated rings. The number of H-pyrrole nitrogens is 1. The summed E-state index contributed by atoms with van der Waals surface area (Å²) in [4.78, 5) is 19.5. The van der Waals surface area contributed by atoms with E-state index in [1.807, 2.05) is 35.2 Å². The van der Waals surface area contributed by atoms with E-state index in [4.69, 9.17) is 4.52 Å². The van der Waals surface area contributed by atoms with Crippen LogP contribution in [0.25, 0.3) is 11.4 Å². The van der Waals surface area contributed by atoms with Crippen molar-refractivity contribution in [1.29, 1.82) is 0 Å². The van der Waals surface area contributed by atoms with Crippen LogP contribution >= 0.6 is 0 Å². The Morgan fingerprint density at radius 1 is 1.19 bits per heavy atom. The summed E-state index contributed by atoms with van der Waals surface area (Å²) in [7, 11) is 0. The van der Waals surface area contributed by atoms with Crippen LogP contribution in [0.2, 0.25) is 0 Å². The Labute approximate surface area is 150 Å². The number of benzene rings is 1. The van der Waals surface area contributed by atoms with E-state index < -0.39 is 0 Å². The number of aromatic amines is 1. The third-order valence-corrected chi connectivity index (χ3v) is 5.28. The van der Waals surface area contributed by atoms with Gasteiger partial charge in [0.25, 0.3) is 5.91 Å². The minimum atomic E-state index is -0.179. The molecule has 132 valence electrons. The molecular formula is C19H19N5O2. The lowest BCUT2D eigenvalue weighted by atomic mass is 10.1. The van der Waals surface area contributed by atoms with Crippen LogP contribution in [0, 0.1) is 0 Å². The molecule has 1 aliphatic heterocycles. The van der Waals surface area contributed by atoms with Crippen molar-refractivity contribution in [2.75, 3.05) is 6.54 Å². The molecular weight excluding hydrogens is 330 g/mol. The SMILES string of the molecule is O=C(c1n[nH]c2c1CCC2)N1CCC[C@@H]1c1nc(-c2ccccc2)no1. The Bertz CT molecular complexity index is 946. The molecule has 1 amide bonds. The predicted octanol–water partition coefficient (Wildman–Crippen LogP) is 2.93. The van der Waals surface area contributed by atoms with Gasteiger partial charge in [0, 0.05) is 23.4 Å². The lowest BCUT2D eigenvalue weighted by Crippen LogP contribution is -2.31. The van der Waals surface area contributed by atoms with Crippen LogP contribution in [0.5, 0.6) is 0 Å². The van der Waals surface area contributed by atoms with Crippen molar-refractivity contribution in [3.63, 3.8) is 0 Å². The maximum Gasteiger partial charge on any atom is 0.275 e. The maximum atomic E-state index is 13.1. The first-order valence-corrected chi connectivity index (χ1v) is 9.07. The summed E-state index contributed by atoms with van der Waals surface area (Å²) in [6.45, 7) is 0.689. The molecule has 2 aromatic heterocycles. The molecule has 1 aromatic carbocycles. The minimum Gasteiger partial charge on any atom is -0.337 e. The smallest absolute Gasteiger partial charge is 0.275 e. The van der Waals surface area contributed by atoms with Crippen molar-refractivity contribution < 1.29 is 9.32 Å². The summed E-state index contributed by atoms with van der Waals surface area (Å²) in [5, 5.41) is 11.4. The Hall–Kier alpha value is -2.96. The van der Waals surface area contributed by atoms with E-state index in [1.165, 1.54) is 0 Å². The predicted molar refractivity (Wildman–Crippen MR) is 93.4 cm³/mol. The molecule has 7 nitrogen and oxygen atoms in total. The molecule has 0 unspecified atom stereocenters. The number of nitrogens with zero attached hydrogens (tertiary/aromatic N) is 4. The number of carbonyl (C=O) groups excluding carboxylic acids is 1. The zero-order valence-electron chi connectivity index (χ0n) is 14.3. The van der Waals surface area contributed by atoms with Gasteiger partial charge in [0.2, 0.25) is 11.7 Å². The first kappa shape index (κ1) is 15.3. The molecule has 1 N–H and O–H groups in total. The zero-order valence-corrected chi connectivity index (χ0v) is 14.3. The number of rotatable bonds is 3. The number of nitrogens with one attached hydrogen (secondary N) is 1. The lowest BCUT2D eigenvalue weighted by Gasteiger charge is -2.21. The average Bonchev–Trinajstić information content (AvgIpc) is 3.45. The van der Waals surface area contributed by atoms with E-state index in [0.717, 1.165) is 48.9 Å². The number of hydrogen-bond acceptors (Lipinski definition) is 5. The molecule has 0 saturated carbocycles. The Balaban J connectivity index is 1.42. The summed E-state index contributed by atoms with van der Waals surface area (Å²) >= 11 is 0. The highest BCUT2D eigenvalue weighted by Crippen LogP contribution is 2.34. The van der Waals surface area contributed by atoms with Crippen molar-refractivity contribution in [2.24, 2.45) is 0 Å². The molecule has 3 aromatic rings. The van der Waals surface area contributed by atoms with E-state index in [1.54, 1.807) is 0 Å². The van der Waals surface area contributed by atoms with E-state index in [0.29, 0.717) is 24.0 Å². The molecule has 0 bridgehead atoms. The second-order valence-corrected chi connectivity index (χ2v) is 6.86. The van der Waals surface area contributed by atoms with Gasteiger partial charge in [-0.15, -0.1) is 0 Å². The number of hydrogen-bond donors (Lipinski definition) is 1. The van der Waals surface area contributed by atoms with Gasteiger partial charge in [0.15, 0.2) is 5.69 Å². The molecule has 2 aliphatic rings. The molecule has 5 rings (SSSR count). The summed E-state index contributed by atoms with van der Waals surface area (Å²) in [6, 6.07) is 9.54. The monoisotopic (exact) mass is 349 g/mol. The number of likely N-dealkylation sites (tertiary alicyclic amines) is 1. The zero-order chi connectivity index (χ0) is 17.5. The fraction of sp³-hybridized carbons (Fsp3) is 0.368. The lowest BCUT2D eigenvalue weighted by molar-refractivity contribution is 0.0703. The van der Waals surface area contributed by atoms with Crippen LogP contribution in [0.1, 0.15) is 52.9 Å². The topological polar surface area (TPSA) is 87.9 Å². The Morgan fingerprint density at radius 2 is 2.08 bits per heavy atom. The number of aryl methyl sites for hydroxylation is 1. The van der Waals surface area contributed by atoms with Gasteiger partial charge >= 0.3 is 0 Å². The third kappa shape index (κ3) is 2.42. The summed E-state index contributed by atoms with van der Waals surface area (Å²) < 4.78 is 5.51. The minimum absolute atomic E-state index is 0.0358. The highest BCUT2D eigenvalue weighted by atomic mass is 16.5.